The van der Waals surface area contributed by atoms with Crippen molar-refractivity contribution in [3.05, 3.63) is 51.9 Å². The fourth-order valence-corrected chi connectivity index (χ4v) is 4.05. The van der Waals surface area contributed by atoms with Crippen molar-refractivity contribution in [2.45, 2.75) is 6.92 Å². The number of aromatic hydroxyl groups is 1. The predicted molar refractivity (Wildman–Crippen MR) is 113 cm³/mol. The number of ether oxygens (including phenoxy) is 2. The Hall–Kier alpha value is -2.22. The van der Waals surface area contributed by atoms with E-state index in [4.69, 9.17) is 33.3 Å². The SMILES string of the molecule is CCOc1ccc(N2C(=O)/C(=C/c3cc(Cl)c(O)c(OC)c3)SC2=S)cc1. The lowest BCUT2D eigenvalue weighted by molar-refractivity contribution is -0.113. The number of carbonyl (C=O) groups is 1. The van der Waals surface area contributed by atoms with E-state index < -0.39 is 0 Å². The third kappa shape index (κ3) is 4.05. The molecule has 1 fully saturated rings. The Bertz CT molecular complexity index is 928. The number of carbonyl (C=O) groups excluding carboxylic acids is 1. The number of amides is 1. The van der Waals surface area contributed by atoms with Gasteiger partial charge in [0.05, 0.1) is 29.3 Å². The van der Waals surface area contributed by atoms with Gasteiger partial charge in [-0.15, -0.1) is 0 Å². The topological polar surface area (TPSA) is 59.0 Å². The summed E-state index contributed by atoms with van der Waals surface area (Å²) in [4.78, 5) is 14.8. The summed E-state index contributed by atoms with van der Waals surface area (Å²) < 4.78 is 11.0. The number of methoxy groups -OCH3 is 1. The molecule has 0 atom stereocenters. The monoisotopic (exact) mass is 421 g/mol. The van der Waals surface area contributed by atoms with Gasteiger partial charge in [0, 0.05) is 0 Å². The third-order valence-corrected chi connectivity index (χ3v) is 5.36. The molecule has 0 radical (unpaired) electrons. The Balaban J connectivity index is 1.89. The maximum atomic E-state index is 12.8. The van der Waals surface area contributed by atoms with Crippen molar-refractivity contribution < 1.29 is 19.4 Å². The van der Waals surface area contributed by atoms with Crippen LogP contribution in [0.1, 0.15) is 12.5 Å². The fourth-order valence-electron chi connectivity index (χ4n) is 2.53. The van der Waals surface area contributed by atoms with Crippen LogP contribution >= 0.6 is 35.6 Å². The zero-order chi connectivity index (χ0) is 19.6. The Labute approximate surface area is 171 Å². The highest BCUT2D eigenvalue weighted by Crippen LogP contribution is 2.39. The van der Waals surface area contributed by atoms with E-state index in [1.807, 2.05) is 6.92 Å². The van der Waals surface area contributed by atoms with Crippen molar-refractivity contribution in [3.63, 3.8) is 0 Å². The van der Waals surface area contributed by atoms with Gasteiger partial charge in [-0.1, -0.05) is 35.6 Å². The number of phenolic OH excluding ortho intramolecular Hbond substituents is 1. The zero-order valence-corrected chi connectivity index (χ0v) is 17.0. The molecule has 1 saturated heterocycles. The Morgan fingerprint density at radius 3 is 2.63 bits per heavy atom. The van der Waals surface area contributed by atoms with Gasteiger partial charge in [-0.25, -0.2) is 0 Å². The van der Waals surface area contributed by atoms with E-state index in [1.54, 1.807) is 42.5 Å². The average Bonchev–Trinajstić information content (AvgIpc) is 2.92. The third-order valence-electron chi connectivity index (χ3n) is 3.77. The van der Waals surface area contributed by atoms with E-state index >= 15 is 0 Å². The minimum atomic E-state index is -0.225. The second kappa shape index (κ2) is 8.21. The first-order valence-electron chi connectivity index (χ1n) is 8.02. The molecule has 1 amide bonds. The van der Waals surface area contributed by atoms with Gasteiger partial charge in [0.2, 0.25) is 0 Å². The lowest BCUT2D eigenvalue weighted by atomic mass is 10.1. The van der Waals surface area contributed by atoms with E-state index in [-0.39, 0.29) is 22.4 Å². The van der Waals surface area contributed by atoms with E-state index in [0.717, 1.165) is 5.75 Å². The first-order valence-corrected chi connectivity index (χ1v) is 9.62. The number of halogens is 1. The standard InChI is InChI=1S/C19H16ClNO4S2/c1-3-25-13-6-4-12(5-7-13)21-18(23)16(27-19(21)26)10-11-8-14(20)17(22)15(9-11)24-2/h4-10,22H,3H2,1-2H3/b16-10-. The van der Waals surface area contributed by atoms with Crippen molar-refractivity contribution in [3.8, 4) is 17.2 Å². The number of thiocarbonyl (C=S) groups is 1. The van der Waals surface area contributed by atoms with E-state index in [1.165, 1.54) is 23.8 Å². The number of anilines is 1. The van der Waals surface area contributed by atoms with Crippen LogP contribution in [-0.4, -0.2) is 29.1 Å². The summed E-state index contributed by atoms with van der Waals surface area (Å²) in [5.41, 5.74) is 1.30. The van der Waals surface area contributed by atoms with E-state index in [0.29, 0.717) is 27.1 Å². The van der Waals surface area contributed by atoms with Gasteiger partial charge in [0.25, 0.3) is 5.91 Å². The number of rotatable bonds is 5. The summed E-state index contributed by atoms with van der Waals surface area (Å²) in [6.45, 7) is 2.48. The molecule has 0 aliphatic carbocycles. The van der Waals surface area contributed by atoms with Gasteiger partial charge in [-0.3, -0.25) is 9.69 Å². The van der Waals surface area contributed by atoms with Crippen molar-refractivity contribution in [2.75, 3.05) is 18.6 Å². The normalized spacial score (nSPS) is 15.5. The Morgan fingerprint density at radius 2 is 2.00 bits per heavy atom. The molecular formula is C19H16ClNO4S2. The quantitative estimate of drug-likeness (QED) is 0.549. The summed E-state index contributed by atoms with van der Waals surface area (Å²) in [5.74, 6) is 0.597. The van der Waals surface area contributed by atoms with Crippen LogP contribution < -0.4 is 14.4 Å². The van der Waals surface area contributed by atoms with Crippen LogP contribution in [-0.2, 0) is 4.79 Å². The van der Waals surface area contributed by atoms with Crippen LogP contribution in [0.2, 0.25) is 5.02 Å². The molecule has 1 heterocycles. The first kappa shape index (κ1) is 19.5. The molecule has 0 aromatic heterocycles. The van der Waals surface area contributed by atoms with Gasteiger partial charge in [0.1, 0.15) is 5.75 Å². The van der Waals surface area contributed by atoms with Gasteiger partial charge < -0.3 is 14.6 Å². The maximum Gasteiger partial charge on any atom is 0.270 e. The molecule has 27 heavy (non-hydrogen) atoms. The zero-order valence-electron chi connectivity index (χ0n) is 14.6. The minimum Gasteiger partial charge on any atom is -0.503 e. The highest BCUT2D eigenvalue weighted by atomic mass is 35.5. The highest BCUT2D eigenvalue weighted by molar-refractivity contribution is 8.27. The number of benzene rings is 2. The van der Waals surface area contributed by atoms with Gasteiger partial charge >= 0.3 is 0 Å². The van der Waals surface area contributed by atoms with Gasteiger partial charge in [-0.05, 0) is 55.0 Å². The molecule has 2 aromatic rings. The maximum absolute atomic E-state index is 12.8. The number of nitrogens with zero attached hydrogens (tertiary/aromatic N) is 1. The van der Waals surface area contributed by atoms with Crippen molar-refractivity contribution in [2.24, 2.45) is 0 Å². The van der Waals surface area contributed by atoms with Crippen LogP contribution in [0.4, 0.5) is 5.69 Å². The van der Waals surface area contributed by atoms with Crippen LogP contribution in [0.3, 0.4) is 0 Å². The Kier molecular flexibility index (Phi) is 5.94. The second-order valence-corrected chi connectivity index (χ2v) is 7.58. The number of hydrogen-bond acceptors (Lipinski definition) is 6. The predicted octanol–water partition coefficient (Wildman–Crippen LogP) is 4.86. The molecule has 1 N–H and O–H groups in total. The average molecular weight is 422 g/mol. The van der Waals surface area contributed by atoms with Crippen LogP contribution in [0.25, 0.3) is 6.08 Å². The largest absolute Gasteiger partial charge is 0.503 e. The van der Waals surface area contributed by atoms with Crippen LogP contribution in [0, 0.1) is 0 Å². The Morgan fingerprint density at radius 1 is 1.30 bits per heavy atom. The summed E-state index contributed by atoms with van der Waals surface area (Å²) >= 11 is 12.6. The fraction of sp³-hybridized carbons (Fsp3) is 0.158. The molecule has 3 rings (SSSR count). The lowest BCUT2D eigenvalue weighted by Gasteiger charge is -2.15. The highest BCUT2D eigenvalue weighted by Gasteiger charge is 2.33. The molecule has 8 heteroatoms. The number of hydrogen-bond donors (Lipinski definition) is 1. The van der Waals surface area contributed by atoms with Gasteiger partial charge in [-0.2, -0.15) is 0 Å². The smallest absolute Gasteiger partial charge is 0.270 e. The summed E-state index contributed by atoms with van der Waals surface area (Å²) in [6, 6.07) is 10.3. The van der Waals surface area contributed by atoms with Crippen molar-refractivity contribution in [1.29, 1.82) is 0 Å². The van der Waals surface area contributed by atoms with Gasteiger partial charge in [0.15, 0.2) is 15.8 Å². The molecule has 0 spiro atoms. The van der Waals surface area contributed by atoms with Crippen molar-refractivity contribution in [1.82, 2.24) is 0 Å². The van der Waals surface area contributed by atoms with Crippen LogP contribution in [0.5, 0.6) is 17.2 Å². The van der Waals surface area contributed by atoms with E-state index in [2.05, 4.69) is 0 Å². The summed E-state index contributed by atoms with van der Waals surface area (Å²) in [7, 11) is 1.43. The first-order chi connectivity index (χ1) is 12.9. The molecule has 2 aromatic carbocycles. The molecule has 5 nitrogen and oxygen atoms in total. The lowest BCUT2D eigenvalue weighted by Crippen LogP contribution is -2.27. The minimum absolute atomic E-state index is 0.141. The molecule has 0 unspecified atom stereocenters. The molecule has 1 aliphatic heterocycles. The summed E-state index contributed by atoms with van der Waals surface area (Å²) in [5, 5.41) is 9.98. The van der Waals surface area contributed by atoms with E-state index in [9.17, 15) is 9.90 Å². The number of phenols is 1. The molecular weight excluding hydrogens is 406 g/mol. The molecule has 0 bridgehead atoms. The second-order valence-electron chi connectivity index (χ2n) is 5.50. The van der Waals surface area contributed by atoms with Crippen molar-refractivity contribution >= 4 is 57.6 Å². The number of thioether (sulfide) groups is 1. The summed E-state index contributed by atoms with van der Waals surface area (Å²) in [6.07, 6.45) is 1.67. The molecule has 140 valence electrons. The molecule has 0 saturated carbocycles. The van der Waals surface area contributed by atoms with Crippen LogP contribution in [0.15, 0.2) is 41.3 Å². The molecule has 1 aliphatic rings.